The van der Waals surface area contributed by atoms with Gasteiger partial charge in [-0.05, 0) is 43.5 Å². The van der Waals surface area contributed by atoms with E-state index in [1.165, 1.54) is 24.3 Å². The minimum atomic E-state index is -5.03. The predicted octanol–water partition coefficient (Wildman–Crippen LogP) is 3.04. The van der Waals surface area contributed by atoms with Crippen molar-refractivity contribution in [2.24, 2.45) is 11.0 Å². The number of aromatic hydroxyl groups is 1. The van der Waals surface area contributed by atoms with E-state index in [2.05, 4.69) is 5.10 Å². The molecule has 2 atom stereocenters. The standard InChI is InChI=1S/C16H17F3N2O3/c17-16(18,19)15(24)12-4-2-1-3-5-13(12)20-21(15)14(23)10-6-8-11(22)9-7-10/h6-9,12,22,24H,1-5H2/t12-,15+/m0/s1. The van der Waals surface area contributed by atoms with Crippen LogP contribution in [0.25, 0.3) is 0 Å². The fourth-order valence-electron chi connectivity index (χ4n) is 3.32. The van der Waals surface area contributed by atoms with E-state index in [0.717, 1.165) is 6.42 Å². The summed E-state index contributed by atoms with van der Waals surface area (Å²) in [6.07, 6.45) is -2.56. The van der Waals surface area contributed by atoms with E-state index in [4.69, 9.17) is 0 Å². The molecule has 0 unspecified atom stereocenters. The molecule has 8 heteroatoms. The molecule has 2 N–H and O–H groups in total. The summed E-state index contributed by atoms with van der Waals surface area (Å²) in [4.78, 5) is 12.5. The molecule has 0 bridgehead atoms. The van der Waals surface area contributed by atoms with Gasteiger partial charge in [-0.1, -0.05) is 12.8 Å². The number of carbonyl (C=O) groups is 1. The van der Waals surface area contributed by atoms with Crippen molar-refractivity contribution in [1.29, 1.82) is 0 Å². The predicted molar refractivity (Wildman–Crippen MR) is 79.3 cm³/mol. The van der Waals surface area contributed by atoms with Crippen LogP contribution < -0.4 is 0 Å². The molecule has 0 saturated heterocycles. The van der Waals surface area contributed by atoms with Crippen molar-refractivity contribution >= 4 is 11.6 Å². The fraction of sp³-hybridized carbons (Fsp3) is 0.500. The summed E-state index contributed by atoms with van der Waals surface area (Å²) >= 11 is 0. The maximum atomic E-state index is 13.7. The van der Waals surface area contributed by atoms with E-state index in [9.17, 15) is 28.2 Å². The number of nitrogens with zero attached hydrogens (tertiary/aromatic N) is 2. The first-order valence-electron chi connectivity index (χ1n) is 7.75. The van der Waals surface area contributed by atoms with Crippen LogP contribution in [0.1, 0.15) is 42.5 Å². The number of carbonyl (C=O) groups excluding carboxylic acids is 1. The van der Waals surface area contributed by atoms with Gasteiger partial charge in [0.2, 0.25) is 0 Å². The molecule has 0 spiro atoms. The fourth-order valence-corrected chi connectivity index (χ4v) is 3.32. The van der Waals surface area contributed by atoms with Crippen LogP contribution in [0.4, 0.5) is 13.2 Å². The zero-order chi connectivity index (χ0) is 17.5. The van der Waals surface area contributed by atoms with Crippen LogP contribution in [0.5, 0.6) is 5.75 Å². The van der Waals surface area contributed by atoms with Gasteiger partial charge >= 0.3 is 6.18 Å². The second-order valence-electron chi connectivity index (χ2n) is 6.13. The third-order valence-corrected chi connectivity index (χ3v) is 4.59. The van der Waals surface area contributed by atoms with Crippen molar-refractivity contribution in [2.75, 3.05) is 0 Å². The summed E-state index contributed by atoms with van der Waals surface area (Å²) in [5, 5.41) is 23.8. The van der Waals surface area contributed by atoms with Gasteiger partial charge in [0.25, 0.3) is 11.6 Å². The molecule has 1 aromatic carbocycles. The monoisotopic (exact) mass is 342 g/mol. The Labute approximate surface area is 136 Å². The van der Waals surface area contributed by atoms with E-state index >= 15 is 0 Å². The molecule has 1 heterocycles. The summed E-state index contributed by atoms with van der Waals surface area (Å²) in [7, 11) is 0. The molecule has 130 valence electrons. The third-order valence-electron chi connectivity index (χ3n) is 4.59. The lowest BCUT2D eigenvalue weighted by Gasteiger charge is -2.37. The van der Waals surface area contributed by atoms with Gasteiger partial charge in [-0.15, -0.1) is 0 Å². The highest BCUT2D eigenvalue weighted by atomic mass is 19.4. The van der Waals surface area contributed by atoms with Gasteiger partial charge in [-0.25, -0.2) is 0 Å². The van der Waals surface area contributed by atoms with Crippen molar-refractivity contribution < 1.29 is 28.2 Å². The number of alkyl halides is 3. The van der Waals surface area contributed by atoms with Crippen molar-refractivity contribution in [3.8, 4) is 5.75 Å². The van der Waals surface area contributed by atoms with Crippen LogP contribution >= 0.6 is 0 Å². The Morgan fingerprint density at radius 3 is 2.50 bits per heavy atom. The molecule has 24 heavy (non-hydrogen) atoms. The highest BCUT2D eigenvalue weighted by Crippen LogP contribution is 2.48. The molecule has 1 aliphatic heterocycles. The number of phenolic OH excluding ortho intramolecular Hbond substituents is 1. The summed E-state index contributed by atoms with van der Waals surface area (Å²) in [6, 6.07) is 4.79. The van der Waals surface area contributed by atoms with E-state index in [1.807, 2.05) is 0 Å². The Morgan fingerprint density at radius 1 is 1.21 bits per heavy atom. The lowest BCUT2D eigenvalue weighted by Crippen LogP contribution is -2.61. The first-order chi connectivity index (χ1) is 11.2. The van der Waals surface area contributed by atoms with Gasteiger partial charge in [0.1, 0.15) is 5.75 Å². The maximum Gasteiger partial charge on any atom is 0.439 e. The number of halogens is 3. The molecular weight excluding hydrogens is 325 g/mol. The number of fused-ring (bicyclic) bond motifs is 1. The number of rotatable bonds is 1. The lowest BCUT2D eigenvalue weighted by molar-refractivity contribution is -0.312. The van der Waals surface area contributed by atoms with Crippen LogP contribution in [0.3, 0.4) is 0 Å². The van der Waals surface area contributed by atoms with Crippen LogP contribution in [-0.4, -0.2) is 38.7 Å². The van der Waals surface area contributed by atoms with Gasteiger partial charge in [0, 0.05) is 11.3 Å². The highest BCUT2D eigenvalue weighted by Gasteiger charge is 2.68. The Kier molecular flexibility index (Phi) is 4.03. The lowest BCUT2D eigenvalue weighted by atomic mass is 9.87. The van der Waals surface area contributed by atoms with Crippen molar-refractivity contribution in [3.63, 3.8) is 0 Å². The molecule has 0 aromatic heterocycles. The molecule has 3 rings (SSSR count). The average molecular weight is 342 g/mol. The van der Waals surface area contributed by atoms with Crippen LogP contribution in [0.2, 0.25) is 0 Å². The Balaban J connectivity index is 2.03. The third kappa shape index (κ3) is 2.54. The highest BCUT2D eigenvalue weighted by molar-refractivity contribution is 5.99. The number of aliphatic hydroxyl groups is 1. The Hall–Kier alpha value is -2.09. The minimum absolute atomic E-state index is 0.0868. The molecular formula is C16H17F3N2O3. The molecule has 1 fully saturated rings. The average Bonchev–Trinajstić information content (AvgIpc) is 2.68. The van der Waals surface area contributed by atoms with Crippen molar-refractivity contribution in [1.82, 2.24) is 5.01 Å². The normalized spacial score (nSPS) is 27.4. The van der Waals surface area contributed by atoms with Crippen LogP contribution in [-0.2, 0) is 0 Å². The molecule has 1 aromatic rings. The zero-order valence-corrected chi connectivity index (χ0v) is 12.8. The first kappa shape index (κ1) is 16.8. The molecule has 1 aliphatic carbocycles. The molecule has 5 nitrogen and oxygen atoms in total. The topological polar surface area (TPSA) is 73.1 Å². The van der Waals surface area contributed by atoms with Crippen molar-refractivity contribution in [2.45, 2.75) is 44.0 Å². The summed E-state index contributed by atoms with van der Waals surface area (Å²) in [6.45, 7) is 0. The van der Waals surface area contributed by atoms with Gasteiger partial charge in [0.05, 0.1) is 5.92 Å². The maximum absolute atomic E-state index is 13.7. The van der Waals surface area contributed by atoms with Gasteiger partial charge in [-0.2, -0.15) is 23.3 Å². The second kappa shape index (κ2) is 5.77. The molecule has 0 radical (unpaired) electrons. The largest absolute Gasteiger partial charge is 0.508 e. The van der Waals surface area contributed by atoms with Crippen molar-refractivity contribution in [3.05, 3.63) is 29.8 Å². The minimum Gasteiger partial charge on any atom is -0.508 e. The van der Waals surface area contributed by atoms with E-state index in [-0.39, 0.29) is 28.5 Å². The first-order valence-corrected chi connectivity index (χ1v) is 7.75. The number of phenols is 1. The molecule has 1 saturated carbocycles. The van der Waals surface area contributed by atoms with Crippen LogP contribution in [0.15, 0.2) is 29.4 Å². The summed E-state index contributed by atoms with van der Waals surface area (Å²) in [5.74, 6) is -2.40. The van der Waals surface area contributed by atoms with E-state index < -0.39 is 23.7 Å². The van der Waals surface area contributed by atoms with E-state index in [0.29, 0.717) is 19.3 Å². The van der Waals surface area contributed by atoms with Gasteiger partial charge in [-0.3, -0.25) is 4.79 Å². The number of hydrogen-bond acceptors (Lipinski definition) is 4. The number of hydrazone groups is 1. The Bertz CT molecular complexity index is 672. The number of amides is 1. The zero-order valence-electron chi connectivity index (χ0n) is 12.8. The van der Waals surface area contributed by atoms with E-state index in [1.54, 1.807) is 0 Å². The molecule has 1 amide bonds. The second-order valence-corrected chi connectivity index (χ2v) is 6.13. The smallest absolute Gasteiger partial charge is 0.439 e. The number of benzene rings is 1. The quantitative estimate of drug-likeness (QED) is 0.824. The summed E-state index contributed by atoms with van der Waals surface area (Å²) < 4.78 is 41.0. The van der Waals surface area contributed by atoms with Gasteiger partial charge < -0.3 is 10.2 Å². The SMILES string of the molecule is O=C(c1ccc(O)cc1)N1N=C2CCCCC[C@@H]2[C@@]1(O)C(F)(F)F. The Morgan fingerprint density at radius 2 is 1.88 bits per heavy atom. The van der Waals surface area contributed by atoms with Crippen LogP contribution in [0, 0.1) is 5.92 Å². The molecule has 2 aliphatic rings. The van der Waals surface area contributed by atoms with Gasteiger partial charge in [0.15, 0.2) is 0 Å². The summed E-state index contributed by atoms with van der Waals surface area (Å²) in [5.41, 5.74) is -3.20. The number of hydrogen-bond donors (Lipinski definition) is 2.